The molecule has 1 atom stereocenters. The smallest absolute Gasteiger partial charge is 0.181 e. The molecule has 0 bridgehead atoms. The Morgan fingerprint density at radius 3 is 2.71 bits per heavy atom. The summed E-state index contributed by atoms with van der Waals surface area (Å²) in [6.45, 7) is 1.72. The van der Waals surface area contributed by atoms with Gasteiger partial charge in [0.15, 0.2) is 6.10 Å². The highest BCUT2D eigenvalue weighted by Crippen LogP contribution is 2.19. The van der Waals surface area contributed by atoms with Crippen LogP contribution in [0.5, 0.6) is 5.75 Å². The summed E-state index contributed by atoms with van der Waals surface area (Å²) in [6.07, 6.45) is -0.410. The molecule has 0 amide bonds. The molecular weight excluding hydrogens is 176 g/mol. The van der Waals surface area contributed by atoms with E-state index in [1.54, 1.807) is 6.92 Å². The topological polar surface area (TPSA) is 36.3 Å². The van der Waals surface area contributed by atoms with Crippen LogP contribution in [-0.2, 0) is 0 Å². The number of ether oxygens (including phenoxy) is 1. The van der Waals surface area contributed by atoms with Crippen molar-refractivity contribution >= 4 is 5.69 Å². The molecular formula is C11H14N2O. The number of rotatable bonds is 3. The zero-order valence-corrected chi connectivity index (χ0v) is 8.69. The van der Waals surface area contributed by atoms with Crippen LogP contribution in [0.3, 0.4) is 0 Å². The van der Waals surface area contributed by atoms with Gasteiger partial charge in [0, 0.05) is 25.8 Å². The van der Waals surface area contributed by atoms with Crippen molar-refractivity contribution in [2.75, 3.05) is 19.0 Å². The summed E-state index contributed by atoms with van der Waals surface area (Å²) < 4.78 is 5.37. The van der Waals surface area contributed by atoms with Crippen LogP contribution in [0.1, 0.15) is 6.92 Å². The number of anilines is 1. The van der Waals surface area contributed by atoms with Gasteiger partial charge in [-0.25, -0.2) is 0 Å². The summed E-state index contributed by atoms with van der Waals surface area (Å²) in [4.78, 5) is 1.99. The standard InChI is InChI=1S/C11H14N2O/c1-9(8-12)14-11-6-4-5-10(7-11)13(2)3/h4-7,9H,1-3H3. The monoisotopic (exact) mass is 190 g/mol. The second-order valence-corrected chi connectivity index (χ2v) is 3.28. The van der Waals surface area contributed by atoms with Crippen molar-refractivity contribution in [2.45, 2.75) is 13.0 Å². The van der Waals surface area contributed by atoms with Gasteiger partial charge < -0.3 is 9.64 Å². The fourth-order valence-electron chi connectivity index (χ4n) is 1.07. The van der Waals surface area contributed by atoms with Crippen LogP contribution in [0.2, 0.25) is 0 Å². The number of nitrogens with zero attached hydrogens (tertiary/aromatic N) is 2. The number of hydrogen-bond acceptors (Lipinski definition) is 3. The molecule has 0 spiro atoms. The quantitative estimate of drug-likeness (QED) is 0.731. The molecule has 1 rings (SSSR count). The van der Waals surface area contributed by atoms with E-state index in [9.17, 15) is 0 Å². The van der Waals surface area contributed by atoms with Gasteiger partial charge in [-0.3, -0.25) is 0 Å². The Morgan fingerprint density at radius 2 is 2.14 bits per heavy atom. The molecule has 0 aliphatic rings. The maximum absolute atomic E-state index is 8.59. The van der Waals surface area contributed by atoms with Crippen molar-refractivity contribution in [1.82, 2.24) is 0 Å². The largest absolute Gasteiger partial charge is 0.476 e. The Balaban J connectivity index is 2.79. The van der Waals surface area contributed by atoms with Crippen molar-refractivity contribution in [1.29, 1.82) is 5.26 Å². The second kappa shape index (κ2) is 4.52. The fraction of sp³-hybridized carbons (Fsp3) is 0.364. The van der Waals surface area contributed by atoms with Gasteiger partial charge in [0.1, 0.15) is 11.8 Å². The van der Waals surface area contributed by atoms with Crippen LogP contribution in [-0.4, -0.2) is 20.2 Å². The number of nitriles is 1. The highest BCUT2D eigenvalue weighted by molar-refractivity contribution is 5.49. The van der Waals surface area contributed by atoms with Gasteiger partial charge >= 0.3 is 0 Å². The summed E-state index contributed by atoms with van der Waals surface area (Å²) in [5.41, 5.74) is 1.06. The zero-order valence-electron chi connectivity index (χ0n) is 8.69. The van der Waals surface area contributed by atoms with Crippen molar-refractivity contribution in [3.63, 3.8) is 0 Å². The van der Waals surface area contributed by atoms with Crippen LogP contribution < -0.4 is 9.64 Å². The van der Waals surface area contributed by atoms with E-state index in [-0.39, 0.29) is 0 Å². The van der Waals surface area contributed by atoms with E-state index in [1.165, 1.54) is 0 Å². The summed E-state index contributed by atoms with van der Waals surface area (Å²) >= 11 is 0. The molecule has 0 aromatic heterocycles. The Labute approximate surface area is 84.5 Å². The lowest BCUT2D eigenvalue weighted by Crippen LogP contribution is -2.11. The van der Waals surface area contributed by atoms with E-state index < -0.39 is 6.10 Å². The van der Waals surface area contributed by atoms with Crippen molar-refractivity contribution in [3.05, 3.63) is 24.3 Å². The molecule has 0 saturated heterocycles. The van der Waals surface area contributed by atoms with Crippen LogP contribution in [0, 0.1) is 11.3 Å². The third kappa shape index (κ3) is 2.67. The van der Waals surface area contributed by atoms with Crippen molar-refractivity contribution in [2.24, 2.45) is 0 Å². The molecule has 1 aromatic carbocycles. The van der Waals surface area contributed by atoms with Gasteiger partial charge in [-0.2, -0.15) is 5.26 Å². The molecule has 0 fully saturated rings. The van der Waals surface area contributed by atoms with Gasteiger partial charge in [-0.05, 0) is 19.1 Å². The van der Waals surface area contributed by atoms with Gasteiger partial charge in [0.05, 0.1) is 0 Å². The van der Waals surface area contributed by atoms with Crippen LogP contribution >= 0.6 is 0 Å². The first kappa shape index (κ1) is 10.4. The highest BCUT2D eigenvalue weighted by atomic mass is 16.5. The molecule has 0 N–H and O–H groups in total. The number of hydrogen-bond donors (Lipinski definition) is 0. The Bertz CT molecular complexity index is 341. The maximum atomic E-state index is 8.59. The molecule has 0 aliphatic carbocycles. The maximum Gasteiger partial charge on any atom is 0.181 e. The molecule has 0 aliphatic heterocycles. The third-order valence-corrected chi connectivity index (χ3v) is 1.83. The second-order valence-electron chi connectivity index (χ2n) is 3.28. The first-order valence-corrected chi connectivity index (χ1v) is 4.47. The molecule has 1 aromatic rings. The molecule has 74 valence electrons. The minimum Gasteiger partial charge on any atom is -0.476 e. The third-order valence-electron chi connectivity index (χ3n) is 1.83. The minimum atomic E-state index is -0.410. The van der Waals surface area contributed by atoms with Crippen molar-refractivity contribution < 1.29 is 4.74 Å². The fourth-order valence-corrected chi connectivity index (χ4v) is 1.07. The Morgan fingerprint density at radius 1 is 1.43 bits per heavy atom. The molecule has 0 radical (unpaired) electrons. The van der Waals surface area contributed by atoms with E-state index in [0.29, 0.717) is 0 Å². The zero-order chi connectivity index (χ0) is 10.6. The lowest BCUT2D eigenvalue weighted by atomic mass is 10.3. The normalized spacial score (nSPS) is 11.6. The first-order chi connectivity index (χ1) is 6.63. The molecule has 0 saturated carbocycles. The highest BCUT2D eigenvalue weighted by Gasteiger charge is 2.02. The molecule has 0 heterocycles. The predicted octanol–water partition coefficient (Wildman–Crippen LogP) is 2.04. The summed E-state index contributed by atoms with van der Waals surface area (Å²) in [5.74, 6) is 0.727. The Kier molecular flexibility index (Phi) is 3.35. The average molecular weight is 190 g/mol. The van der Waals surface area contributed by atoms with Gasteiger partial charge in [0.2, 0.25) is 0 Å². The molecule has 1 unspecified atom stereocenters. The van der Waals surface area contributed by atoms with Crippen LogP contribution in [0.15, 0.2) is 24.3 Å². The average Bonchev–Trinajstić information content (AvgIpc) is 2.18. The molecule has 3 nitrogen and oxygen atoms in total. The predicted molar refractivity (Wildman–Crippen MR) is 56.5 cm³/mol. The number of benzene rings is 1. The van der Waals surface area contributed by atoms with Gasteiger partial charge in [0.25, 0.3) is 0 Å². The summed E-state index contributed by atoms with van der Waals surface area (Å²) in [5, 5.41) is 8.59. The SMILES string of the molecule is CC(C#N)Oc1cccc(N(C)C)c1. The first-order valence-electron chi connectivity index (χ1n) is 4.47. The van der Waals surface area contributed by atoms with Gasteiger partial charge in [-0.1, -0.05) is 6.07 Å². The van der Waals surface area contributed by atoms with E-state index >= 15 is 0 Å². The Hall–Kier alpha value is -1.69. The van der Waals surface area contributed by atoms with Crippen LogP contribution in [0.25, 0.3) is 0 Å². The lowest BCUT2D eigenvalue weighted by molar-refractivity contribution is 0.276. The van der Waals surface area contributed by atoms with Crippen molar-refractivity contribution in [3.8, 4) is 11.8 Å². The molecule has 3 heteroatoms. The van der Waals surface area contributed by atoms with E-state index in [0.717, 1.165) is 11.4 Å². The van der Waals surface area contributed by atoms with Gasteiger partial charge in [-0.15, -0.1) is 0 Å². The summed E-state index contributed by atoms with van der Waals surface area (Å²) in [7, 11) is 3.93. The minimum absolute atomic E-state index is 0.410. The summed E-state index contributed by atoms with van der Waals surface area (Å²) in [6, 6.07) is 9.69. The van der Waals surface area contributed by atoms with E-state index in [1.807, 2.05) is 49.3 Å². The van der Waals surface area contributed by atoms with Crippen LogP contribution in [0.4, 0.5) is 5.69 Å². The lowest BCUT2D eigenvalue weighted by Gasteiger charge is -2.14. The molecule has 14 heavy (non-hydrogen) atoms. The van der Waals surface area contributed by atoms with E-state index in [2.05, 4.69) is 0 Å². The van der Waals surface area contributed by atoms with E-state index in [4.69, 9.17) is 10.00 Å².